The Labute approximate surface area is 99.3 Å². The lowest BCUT2D eigenvalue weighted by atomic mass is 9.83. The molecule has 0 aromatic carbocycles. The highest BCUT2D eigenvalue weighted by Gasteiger charge is 2.17. The number of hydrogen-bond acceptors (Lipinski definition) is 1. The van der Waals surface area contributed by atoms with Gasteiger partial charge in [-0.15, -0.1) is 0 Å². The van der Waals surface area contributed by atoms with Gasteiger partial charge in [0.15, 0.2) is 0 Å². The number of pyridine rings is 1. The van der Waals surface area contributed by atoms with Gasteiger partial charge in [0.2, 0.25) is 0 Å². The maximum Gasteiger partial charge on any atom is 0.0435 e. The largest absolute Gasteiger partial charge is 0.258 e. The minimum atomic E-state index is 0.544. The van der Waals surface area contributed by atoms with Gasteiger partial charge in [0, 0.05) is 11.4 Å². The van der Waals surface area contributed by atoms with Gasteiger partial charge in [-0.25, -0.2) is 0 Å². The molecule has 1 aromatic rings. The van der Waals surface area contributed by atoms with Crippen molar-refractivity contribution >= 4 is 0 Å². The molecule has 0 bridgehead atoms. The predicted octanol–water partition coefficient (Wildman–Crippen LogP) is 4.56. The molecule has 1 aliphatic rings. The number of aromatic nitrogens is 1. The summed E-state index contributed by atoms with van der Waals surface area (Å²) in [6.45, 7) is 6.58. The van der Waals surface area contributed by atoms with Gasteiger partial charge in [0.1, 0.15) is 0 Å². The van der Waals surface area contributed by atoms with Crippen LogP contribution in [0.25, 0.3) is 0 Å². The lowest BCUT2D eigenvalue weighted by Crippen LogP contribution is -2.07. The Bertz CT molecular complexity index is 348. The molecule has 0 aliphatic heterocycles. The van der Waals surface area contributed by atoms with Gasteiger partial charge in [-0.3, -0.25) is 4.98 Å². The summed E-state index contributed by atoms with van der Waals surface area (Å²) in [5.74, 6) is 1.34. The molecule has 0 atom stereocenters. The summed E-state index contributed by atoms with van der Waals surface area (Å²) in [6.07, 6.45) is 6.99. The van der Waals surface area contributed by atoms with Crippen molar-refractivity contribution in [3.63, 3.8) is 0 Å². The van der Waals surface area contributed by atoms with Crippen molar-refractivity contribution in [1.82, 2.24) is 4.98 Å². The molecule has 16 heavy (non-hydrogen) atoms. The Morgan fingerprint density at radius 1 is 1.12 bits per heavy atom. The fourth-order valence-electron chi connectivity index (χ4n) is 2.69. The number of rotatable bonds is 2. The summed E-state index contributed by atoms with van der Waals surface area (Å²) in [4.78, 5) is 4.63. The highest BCUT2D eigenvalue weighted by Crippen LogP contribution is 2.33. The second kappa shape index (κ2) is 4.99. The highest BCUT2D eigenvalue weighted by atomic mass is 14.7. The van der Waals surface area contributed by atoms with E-state index in [-0.39, 0.29) is 0 Å². The van der Waals surface area contributed by atoms with Crippen LogP contribution in [0.15, 0.2) is 12.1 Å². The van der Waals surface area contributed by atoms with Crippen LogP contribution >= 0.6 is 0 Å². The molecule has 0 unspecified atom stereocenters. The summed E-state index contributed by atoms with van der Waals surface area (Å²) in [7, 11) is 0. The zero-order valence-corrected chi connectivity index (χ0v) is 10.8. The molecule has 88 valence electrons. The molecule has 1 nitrogen and oxygen atoms in total. The Hall–Kier alpha value is -0.850. The normalized spacial score (nSPS) is 18.0. The average molecular weight is 217 g/mol. The molecule has 1 aliphatic carbocycles. The number of aryl methyl sites for hydroxylation is 1. The molecular weight excluding hydrogens is 194 g/mol. The summed E-state index contributed by atoms with van der Waals surface area (Å²) >= 11 is 0. The summed E-state index contributed by atoms with van der Waals surface area (Å²) in [5.41, 5.74) is 3.99. The Morgan fingerprint density at radius 2 is 1.81 bits per heavy atom. The molecule has 0 radical (unpaired) electrons. The van der Waals surface area contributed by atoms with Crippen molar-refractivity contribution in [3.8, 4) is 0 Å². The van der Waals surface area contributed by atoms with Gasteiger partial charge in [-0.1, -0.05) is 33.1 Å². The number of hydrogen-bond donors (Lipinski definition) is 0. The molecule has 2 rings (SSSR count). The van der Waals surface area contributed by atoms with Gasteiger partial charge in [0.05, 0.1) is 0 Å². The van der Waals surface area contributed by atoms with Crippen LogP contribution in [0.2, 0.25) is 0 Å². The van der Waals surface area contributed by atoms with E-state index in [4.69, 9.17) is 0 Å². The van der Waals surface area contributed by atoms with Gasteiger partial charge < -0.3 is 0 Å². The first-order valence-corrected chi connectivity index (χ1v) is 6.65. The molecule has 0 saturated heterocycles. The van der Waals surface area contributed by atoms with Crippen LogP contribution in [-0.2, 0) is 0 Å². The zero-order valence-electron chi connectivity index (χ0n) is 10.8. The first kappa shape index (κ1) is 11.6. The third-order valence-corrected chi connectivity index (χ3v) is 3.66. The van der Waals surface area contributed by atoms with Crippen molar-refractivity contribution in [3.05, 3.63) is 29.1 Å². The zero-order chi connectivity index (χ0) is 11.5. The van der Waals surface area contributed by atoms with E-state index in [1.807, 2.05) is 0 Å². The van der Waals surface area contributed by atoms with E-state index < -0.39 is 0 Å². The van der Waals surface area contributed by atoms with E-state index in [9.17, 15) is 0 Å². The van der Waals surface area contributed by atoms with Gasteiger partial charge in [-0.2, -0.15) is 0 Å². The van der Waals surface area contributed by atoms with Crippen LogP contribution in [0.5, 0.6) is 0 Å². The van der Waals surface area contributed by atoms with Crippen molar-refractivity contribution in [2.24, 2.45) is 0 Å². The van der Waals surface area contributed by atoms with E-state index in [1.54, 1.807) is 0 Å². The number of nitrogens with zero attached hydrogens (tertiary/aromatic N) is 1. The molecule has 1 aromatic heterocycles. The fourth-order valence-corrected chi connectivity index (χ4v) is 2.69. The van der Waals surface area contributed by atoms with E-state index in [1.165, 1.54) is 49.1 Å². The van der Waals surface area contributed by atoms with Crippen LogP contribution in [0, 0.1) is 6.92 Å². The van der Waals surface area contributed by atoms with Crippen molar-refractivity contribution in [2.75, 3.05) is 0 Å². The van der Waals surface area contributed by atoms with Crippen molar-refractivity contribution in [2.45, 2.75) is 64.7 Å². The average Bonchev–Trinajstić information content (AvgIpc) is 2.29. The van der Waals surface area contributed by atoms with Crippen LogP contribution in [-0.4, -0.2) is 4.98 Å². The quantitative estimate of drug-likeness (QED) is 0.707. The van der Waals surface area contributed by atoms with E-state index in [0.717, 1.165) is 5.92 Å². The molecule has 0 spiro atoms. The first-order valence-electron chi connectivity index (χ1n) is 6.65. The molecule has 0 amide bonds. The summed E-state index contributed by atoms with van der Waals surface area (Å²) in [6, 6.07) is 4.63. The lowest BCUT2D eigenvalue weighted by molar-refractivity contribution is 0.442. The van der Waals surface area contributed by atoms with Crippen molar-refractivity contribution < 1.29 is 0 Å². The topological polar surface area (TPSA) is 12.9 Å². The third kappa shape index (κ3) is 2.63. The Morgan fingerprint density at radius 3 is 2.44 bits per heavy atom. The maximum absolute atomic E-state index is 4.63. The molecule has 1 heterocycles. The van der Waals surface area contributed by atoms with Gasteiger partial charge in [0.25, 0.3) is 0 Å². The van der Waals surface area contributed by atoms with Crippen molar-refractivity contribution in [1.29, 1.82) is 0 Å². The predicted molar refractivity (Wildman–Crippen MR) is 68.9 cm³/mol. The second-order valence-corrected chi connectivity index (χ2v) is 5.46. The van der Waals surface area contributed by atoms with Crippen LogP contribution < -0.4 is 0 Å². The maximum atomic E-state index is 4.63. The monoisotopic (exact) mass is 217 g/mol. The lowest BCUT2D eigenvalue weighted by Gasteiger charge is -2.23. The van der Waals surface area contributed by atoms with E-state index in [0.29, 0.717) is 5.92 Å². The molecule has 1 fully saturated rings. The summed E-state index contributed by atoms with van der Waals surface area (Å²) < 4.78 is 0. The smallest absolute Gasteiger partial charge is 0.0435 e. The Kier molecular flexibility index (Phi) is 3.63. The third-order valence-electron chi connectivity index (χ3n) is 3.66. The standard InChI is InChI=1S/C15H23N/c1-11(2)15-10-14(9-12(3)16-15)13-7-5-4-6-8-13/h9-11,13H,4-8H2,1-3H3. The first-order chi connectivity index (χ1) is 7.66. The van der Waals surface area contributed by atoms with Crippen LogP contribution in [0.3, 0.4) is 0 Å². The van der Waals surface area contributed by atoms with Crippen LogP contribution in [0.4, 0.5) is 0 Å². The fraction of sp³-hybridized carbons (Fsp3) is 0.667. The van der Waals surface area contributed by atoms with E-state index in [2.05, 4.69) is 37.9 Å². The summed E-state index contributed by atoms with van der Waals surface area (Å²) in [5, 5.41) is 0. The SMILES string of the molecule is Cc1cc(C2CCCCC2)cc(C(C)C)n1. The minimum absolute atomic E-state index is 0.544. The highest BCUT2D eigenvalue weighted by molar-refractivity contribution is 5.26. The van der Waals surface area contributed by atoms with Crippen LogP contribution in [0.1, 0.15) is 74.7 Å². The Balaban J connectivity index is 2.25. The molecule has 1 saturated carbocycles. The van der Waals surface area contributed by atoms with Gasteiger partial charge >= 0.3 is 0 Å². The molecular formula is C15H23N. The van der Waals surface area contributed by atoms with E-state index >= 15 is 0 Å². The minimum Gasteiger partial charge on any atom is -0.258 e. The van der Waals surface area contributed by atoms with Gasteiger partial charge in [-0.05, 0) is 49.3 Å². The molecule has 0 N–H and O–H groups in total. The molecule has 1 heteroatoms. The second-order valence-electron chi connectivity index (χ2n) is 5.46.